The van der Waals surface area contributed by atoms with Gasteiger partial charge in [0.2, 0.25) is 5.82 Å². The highest BCUT2D eigenvalue weighted by atomic mass is 35.5. The predicted molar refractivity (Wildman–Crippen MR) is 76.4 cm³/mol. The highest BCUT2D eigenvalue weighted by molar-refractivity contribution is 6.20. The maximum Gasteiger partial charge on any atom is 0.304 e. The first-order valence-electron chi connectivity index (χ1n) is 6.20. The smallest absolute Gasteiger partial charge is 0.258 e. The average molecular weight is 294 g/mol. The first-order valence-corrected chi connectivity index (χ1v) is 6.63. The van der Waals surface area contributed by atoms with Crippen LogP contribution in [0.25, 0.3) is 0 Å². The topological polar surface area (TPSA) is 43.1 Å². The van der Waals surface area contributed by atoms with Crippen LogP contribution >= 0.6 is 11.6 Å². The standard InChI is InChI=1S/C15H13ClFNO2/c16-13(12-4-2-1-3-5-12)8-6-11-7-9-15(18(19)20)14(17)10-11/h1-5,7,9-10,13H,6,8H2. The average Bonchev–Trinajstić information content (AvgIpc) is 2.45. The van der Waals surface area contributed by atoms with E-state index in [0.717, 1.165) is 5.56 Å². The molecule has 0 heterocycles. The van der Waals surface area contributed by atoms with Crippen LogP contribution in [-0.4, -0.2) is 4.92 Å². The van der Waals surface area contributed by atoms with Gasteiger partial charge in [0.15, 0.2) is 0 Å². The van der Waals surface area contributed by atoms with Gasteiger partial charge in [0.05, 0.1) is 10.3 Å². The molecule has 3 nitrogen and oxygen atoms in total. The molecule has 1 atom stereocenters. The number of nitro groups is 1. The zero-order valence-electron chi connectivity index (χ0n) is 10.6. The van der Waals surface area contributed by atoms with E-state index in [1.54, 1.807) is 6.07 Å². The molecule has 20 heavy (non-hydrogen) atoms. The minimum absolute atomic E-state index is 0.158. The SMILES string of the molecule is O=[N+]([O-])c1ccc(CCC(Cl)c2ccccc2)cc1F. The molecule has 0 radical (unpaired) electrons. The first kappa shape index (κ1) is 14.5. The number of aryl methyl sites for hydroxylation is 1. The van der Waals surface area contributed by atoms with Crippen LogP contribution in [0.15, 0.2) is 48.5 Å². The van der Waals surface area contributed by atoms with Crippen LogP contribution in [0.3, 0.4) is 0 Å². The normalized spacial score (nSPS) is 12.1. The largest absolute Gasteiger partial charge is 0.304 e. The van der Waals surface area contributed by atoms with E-state index in [2.05, 4.69) is 0 Å². The molecule has 0 bridgehead atoms. The van der Waals surface area contributed by atoms with Crippen molar-refractivity contribution < 1.29 is 9.31 Å². The first-order chi connectivity index (χ1) is 9.58. The minimum Gasteiger partial charge on any atom is -0.258 e. The number of alkyl halides is 1. The van der Waals surface area contributed by atoms with Gasteiger partial charge in [-0.05, 0) is 30.0 Å². The quantitative estimate of drug-likeness (QED) is 0.457. The van der Waals surface area contributed by atoms with Gasteiger partial charge < -0.3 is 0 Å². The monoisotopic (exact) mass is 293 g/mol. The Balaban J connectivity index is 2.01. The maximum atomic E-state index is 13.5. The van der Waals surface area contributed by atoms with Gasteiger partial charge in [0.1, 0.15) is 0 Å². The van der Waals surface area contributed by atoms with Crippen LogP contribution in [0.2, 0.25) is 0 Å². The summed E-state index contributed by atoms with van der Waals surface area (Å²) < 4.78 is 13.5. The maximum absolute atomic E-state index is 13.5. The van der Waals surface area contributed by atoms with Crippen molar-refractivity contribution in [3.8, 4) is 0 Å². The van der Waals surface area contributed by atoms with Crippen LogP contribution in [0, 0.1) is 15.9 Å². The molecule has 0 fully saturated rings. The number of nitro benzene ring substituents is 1. The Bertz CT molecular complexity index is 604. The van der Waals surface area contributed by atoms with Crippen molar-refractivity contribution in [1.29, 1.82) is 0 Å². The van der Waals surface area contributed by atoms with Crippen molar-refractivity contribution in [3.63, 3.8) is 0 Å². The van der Waals surface area contributed by atoms with Crippen molar-refractivity contribution in [2.75, 3.05) is 0 Å². The molecule has 0 saturated heterocycles. The van der Waals surface area contributed by atoms with Crippen LogP contribution in [0.1, 0.15) is 22.9 Å². The van der Waals surface area contributed by atoms with Gasteiger partial charge in [-0.2, -0.15) is 4.39 Å². The molecular formula is C15H13ClFNO2. The van der Waals surface area contributed by atoms with Gasteiger partial charge in [0.25, 0.3) is 0 Å². The zero-order valence-corrected chi connectivity index (χ0v) is 11.4. The molecular weight excluding hydrogens is 281 g/mol. The van der Waals surface area contributed by atoms with Crippen LogP contribution < -0.4 is 0 Å². The lowest BCUT2D eigenvalue weighted by Gasteiger charge is -2.09. The summed E-state index contributed by atoms with van der Waals surface area (Å²) in [6.07, 6.45) is 1.21. The fourth-order valence-corrected chi connectivity index (χ4v) is 2.23. The Morgan fingerprint density at radius 1 is 1.20 bits per heavy atom. The van der Waals surface area contributed by atoms with Crippen molar-refractivity contribution in [3.05, 3.63) is 75.6 Å². The van der Waals surface area contributed by atoms with E-state index in [-0.39, 0.29) is 5.38 Å². The molecule has 0 aliphatic carbocycles. The number of halogens is 2. The summed E-state index contributed by atoms with van der Waals surface area (Å²) in [6.45, 7) is 0. The lowest BCUT2D eigenvalue weighted by atomic mass is 10.0. The Kier molecular flexibility index (Phi) is 4.69. The number of rotatable bonds is 5. The van der Waals surface area contributed by atoms with Crippen molar-refractivity contribution >= 4 is 17.3 Å². The molecule has 2 aromatic carbocycles. The summed E-state index contributed by atoms with van der Waals surface area (Å²) >= 11 is 6.28. The van der Waals surface area contributed by atoms with Crippen LogP contribution in [0.5, 0.6) is 0 Å². The van der Waals surface area contributed by atoms with E-state index in [4.69, 9.17) is 11.6 Å². The van der Waals surface area contributed by atoms with E-state index < -0.39 is 16.4 Å². The third-order valence-electron chi connectivity index (χ3n) is 3.06. The summed E-state index contributed by atoms with van der Waals surface area (Å²) in [6, 6.07) is 13.6. The second-order valence-corrected chi connectivity index (χ2v) is 4.99. The number of benzene rings is 2. The lowest BCUT2D eigenvalue weighted by molar-refractivity contribution is -0.387. The van der Waals surface area contributed by atoms with Gasteiger partial charge in [-0.3, -0.25) is 10.1 Å². The summed E-state index contributed by atoms with van der Waals surface area (Å²) in [5.74, 6) is -0.807. The van der Waals surface area contributed by atoms with Gasteiger partial charge in [-0.15, -0.1) is 11.6 Å². The van der Waals surface area contributed by atoms with E-state index in [9.17, 15) is 14.5 Å². The molecule has 5 heteroatoms. The van der Waals surface area contributed by atoms with Crippen LogP contribution in [0.4, 0.5) is 10.1 Å². The van der Waals surface area contributed by atoms with Gasteiger partial charge in [0, 0.05) is 6.07 Å². The highest BCUT2D eigenvalue weighted by Crippen LogP contribution is 2.26. The third kappa shape index (κ3) is 3.54. The van der Waals surface area contributed by atoms with E-state index >= 15 is 0 Å². The Hall–Kier alpha value is -1.94. The third-order valence-corrected chi connectivity index (χ3v) is 3.53. The highest BCUT2D eigenvalue weighted by Gasteiger charge is 2.14. The second kappa shape index (κ2) is 6.48. The molecule has 104 valence electrons. The fraction of sp³-hybridized carbons (Fsp3) is 0.200. The number of hydrogen-bond donors (Lipinski definition) is 0. The molecule has 0 amide bonds. The van der Waals surface area contributed by atoms with Crippen molar-refractivity contribution in [2.24, 2.45) is 0 Å². The molecule has 0 aliphatic heterocycles. The minimum atomic E-state index is -0.807. The molecule has 0 aromatic heterocycles. The Morgan fingerprint density at radius 2 is 1.90 bits per heavy atom. The molecule has 2 aromatic rings. The molecule has 0 saturated carbocycles. The molecule has 2 rings (SSSR count). The predicted octanol–water partition coefficient (Wildman–Crippen LogP) is 4.65. The summed E-state index contributed by atoms with van der Waals surface area (Å²) in [7, 11) is 0. The summed E-state index contributed by atoms with van der Waals surface area (Å²) in [4.78, 5) is 9.80. The van der Waals surface area contributed by atoms with E-state index in [1.807, 2.05) is 30.3 Å². The van der Waals surface area contributed by atoms with E-state index in [0.29, 0.717) is 18.4 Å². The summed E-state index contributed by atoms with van der Waals surface area (Å²) in [5.41, 5.74) is 1.21. The number of hydrogen-bond acceptors (Lipinski definition) is 2. The Morgan fingerprint density at radius 3 is 2.50 bits per heavy atom. The van der Waals surface area contributed by atoms with Gasteiger partial charge >= 0.3 is 5.69 Å². The van der Waals surface area contributed by atoms with Gasteiger partial charge in [-0.1, -0.05) is 36.4 Å². The molecule has 0 N–H and O–H groups in total. The van der Waals surface area contributed by atoms with Crippen molar-refractivity contribution in [1.82, 2.24) is 0 Å². The molecule has 1 unspecified atom stereocenters. The molecule has 0 aliphatic rings. The fourth-order valence-electron chi connectivity index (χ4n) is 1.98. The lowest BCUT2D eigenvalue weighted by Crippen LogP contribution is -1.97. The van der Waals surface area contributed by atoms with E-state index in [1.165, 1.54) is 12.1 Å². The second-order valence-electron chi connectivity index (χ2n) is 4.46. The summed E-state index contributed by atoms with van der Waals surface area (Å²) in [5, 5.41) is 10.4. The Labute approximate surface area is 121 Å². The molecule has 0 spiro atoms. The number of nitrogens with zero attached hydrogens (tertiary/aromatic N) is 1. The zero-order chi connectivity index (χ0) is 14.5. The van der Waals surface area contributed by atoms with Crippen LogP contribution in [-0.2, 0) is 6.42 Å². The van der Waals surface area contributed by atoms with Crippen molar-refractivity contribution in [2.45, 2.75) is 18.2 Å². The van der Waals surface area contributed by atoms with Gasteiger partial charge in [-0.25, -0.2) is 0 Å².